The second kappa shape index (κ2) is 3.41. The van der Waals surface area contributed by atoms with Crippen molar-refractivity contribution < 1.29 is 17.2 Å². The molecule has 0 aromatic carbocycles. The molecule has 0 heterocycles. The van der Waals surface area contributed by atoms with Crippen molar-refractivity contribution in [2.24, 2.45) is 0 Å². The largest absolute Gasteiger partial charge is 0.391 e. The van der Waals surface area contributed by atoms with Crippen molar-refractivity contribution in [1.29, 1.82) is 0 Å². The van der Waals surface area contributed by atoms with Crippen LogP contribution in [0.1, 0.15) is 0 Å². The maximum absolute atomic E-state index is 11.0. The lowest BCUT2D eigenvalue weighted by Gasteiger charge is -2.05. The second-order valence-electron chi connectivity index (χ2n) is 2.52. The van der Waals surface area contributed by atoms with Gasteiger partial charge in [0.2, 0.25) is 0 Å². The Hall–Kier alpha value is -0.280. The Morgan fingerprint density at radius 3 is 2.27 bits per heavy atom. The van der Waals surface area contributed by atoms with Crippen molar-refractivity contribution in [3.63, 3.8) is 0 Å². The van der Waals surface area contributed by atoms with E-state index >= 15 is 0 Å². The van der Waals surface area contributed by atoms with Crippen LogP contribution >= 0.6 is 7.14 Å². The van der Waals surface area contributed by atoms with Crippen molar-refractivity contribution in [1.82, 2.24) is 0 Å². The standard InChI is InChI=1S/C5H11O4PS/c1-4-9-11(7,8)5-10(2,3)6/h4H,1,5H2,2-3H3. The summed E-state index contributed by atoms with van der Waals surface area (Å²) in [5, 5.41) is 0. The Balaban J connectivity index is 4.39. The molecule has 6 heteroatoms. The minimum absolute atomic E-state index is 0.438. The van der Waals surface area contributed by atoms with E-state index in [1.54, 1.807) is 0 Å². The first-order valence-corrected chi connectivity index (χ1v) is 7.19. The molecule has 0 radical (unpaired) electrons. The summed E-state index contributed by atoms with van der Waals surface area (Å²) in [6.07, 6.45) is 0.811. The lowest BCUT2D eigenvalue weighted by atomic mass is 11.2. The molecule has 66 valence electrons. The highest BCUT2D eigenvalue weighted by Crippen LogP contribution is 2.37. The first-order chi connectivity index (χ1) is 4.77. The van der Waals surface area contributed by atoms with Crippen molar-refractivity contribution >= 4 is 17.3 Å². The lowest BCUT2D eigenvalue weighted by molar-refractivity contribution is 0.449. The van der Waals surface area contributed by atoms with Gasteiger partial charge in [0.25, 0.3) is 0 Å². The van der Waals surface area contributed by atoms with Crippen LogP contribution in [0.4, 0.5) is 0 Å². The predicted octanol–water partition coefficient (Wildman–Crippen LogP) is 1.06. The zero-order valence-electron chi connectivity index (χ0n) is 6.48. The van der Waals surface area contributed by atoms with Crippen LogP contribution in [0.2, 0.25) is 0 Å². The van der Waals surface area contributed by atoms with Crippen LogP contribution in [0.5, 0.6) is 0 Å². The van der Waals surface area contributed by atoms with E-state index in [9.17, 15) is 13.0 Å². The highest BCUT2D eigenvalue weighted by atomic mass is 32.2. The van der Waals surface area contributed by atoms with E-state index in [1.807, 2.05) is 0 Å². The summed E-state index contributed by atoms with van der Waals surface area (Å²) in [5.41, 5.74) is -0.438. The third-order valence-electron chi connectivity index (χ3n) is 0.684. The number of hydrogen-bond acceptors (Lipinski definition) is 4. The molecule has 0 fully saturated rings. The minimum Gasteiger partial charge on any atom is -0.391 e. The molecule has 0 atom stereocenters. The van der Waals surface area contributed by atoms with Crippen molar-refractivity contribution in [2.75, 3.05) is 18.8 Å². The zero-order chi connectivity index (χ0) is 9.12. The molecule has 0 aliphatic rings. The third kappa shape index (κ3) is 6.13. The maximum Gasteiger partial charge on any atom is 0.315 e. The average Bonchev–Trinajstić information content (AvgIpc) is 1.55. The van der Waals surface area contributed by atoms with Crippen LogP contribution < -0.4 is 0 Å². The molecule has 4 nitrogen and oxygen atoms in total. The van der Waals surface area contributed by atoms with Crippen LogP contribution in [0, 0.1) is 0 Å². The van der Waals surface area contributed by atoms with E-state index in [4.69, 9.17) is 0 Å². The SMILES string of the molecule is C=COS(=O)(=O)CP(C)(C)=O. The van der Waals surface area contributed by atoms with E-state index in [-0.39, 0.29) is 0 Å². The van der Waals surface area contributed by atoms with Gasteiger partial charge >= 0.3 is 10.1 Å². The van der Waals surface area contributed by atoms with Gasteiger partial charge in [-0.05, 0) is 13.3 Å². The van der Waals surface area contributed by atoms with E-state index in [0.717, 1.165) is 6.26 Å². The van der Waals surface area contributed by atoms with Gasteiger partial charge < -0.3 is 8.75 Å². The van der Waals surface area contributed by atoms with Crippen molar-refractivity contribution in [3.05, 3.63) is 12.8 Å². The molecule has 0 aromatic rings. The van der Waals surface area contributed by atoms with Crippen LogP contribution in [-0.4, -0.2) is 27.2 Å². The van der Waals surface area contributed by atoms with Gasteiger partial charge in [0.1, 0.15) is 5.49 Å². The summed E-state index contributed by atoms with van der Waals surface area (Å²) in [4.78, 5) is 0. The van der Waals surface area contributed by atoms with Crippen LogP contribution in [0.3, 0.4) is 0 Å². The molecule has 11 heavy (non-hydrogen) atoms. The van der Waals surface area contributed by atoms with Crippen LogP contribution in [-0.2, 0) is 18.9 Å². The quantitative estimate of drug-likeness (QED) is 0.385. The first kappa shape index (κ1) is 10.7. The van der Waals surface area contributed by atoms with Gasteiger partial charge in [0.15, 0.2) is 0 Å². The molecule has 0 amide bonds. The summed E-state index contributed by atoms with van der Waals surface area (Å²) >= 11 is 0. The van der Waals surface area contributed by atoms with Gasteiger partial charge in [-0.25, -0.2) is 0 Å². The minimum atomic E-state index is -3.67. The van der Waals surface area contributed by atoms with Crippen LogP contribution in [0.25, 0.3) is 0 Å². The van der Waals surface area contributed by atoms with Gasteiger partial charge in [-0.15, -0.1) is 0 Å². The highest BCUT2D eigenvalue weighted by Gasteiger charge is 2.20. The van der Waals surface area contributed by atoms with Crippen molar-refractivity contribution in [2.45, 2.75) is 0 Å². The third-order valence-corrected chi connectivity index (χ3v) is 4.87. The van der Waals surface area contributed by atoms with Gasteiger partial charge in [-0.2, -0.15) is 8.42 Å². The maximum atomic E-state index is 11.0. The molecule has 0 unspecified atom stereocenters. The molecular formula is C5H11O4PS. The molecule has 0 saturated heterocycles. The normalized spacial score (nSPS) is 12.5. The molecule has 0 spiro atoms. The molecule has 0 aromatic heterocycles. The van der Waals surface area contributed by atoms with Gasteiger partial charge in [0.05, 0.1) is 13.4 Å². The van der Waals surface area contributed by atoms with Crippen LogP contribution in [0.15, 0.2) is 12.8 Å². The van der Waals surface area contributed by atoms with Gasteiger partial charge in [-0.1, -0.05) is 6.58 Å². The van der Waals surface area contributed by atoms with Gasteiger partial charge in [-0.3, -0.25) is 0 Å². The summed E-state index contributed by atoms with van der Waals surface area (Å²) in [6, 6.07) is 0. The Morgan fingerprint density at radius 1 is 1.55 bits per heavy atom. The molecule has 0 N–H and O–H groups in total. The molecule has 0 saturated carbocycles. The van der Waals surface area contributed by atoms with Crippen molar-refractivity contribution in [3.8, 4) is 0 Å². The molecular weight excluding hydrogens is 187 g/mol. The zero-order valence-corrected chi connectivity index (χ0v) is 8.19. The monoisotopic (exact) mass is 198 g/mol. The molecule has 0 aliphatic carbocycles. The Morgan fingerprint density at radius 2 is 2.00 bits per heavy atom. The van der Waals surface area contributed by atoms with E-state index < -0.39 is 22.8 Å². The second-order valence-corrected chi connectivity index (χ2v) is 8.01. The summed E-state index contributed by atoms with van der Waals surface area (Å²) in [7, 11) is -6.25. The topological polar surface area (TPSA) is 60.4 Å². The van der Waals surface area contributed by atoms with Gasteiger partial charge in [0, 0.05) is 0 Å². The highest BCUT2D eigenvalue weighted by molar-refractivity contribution is 7.95. The summed E-state index contributed by atoms with van der Waals surface area (Å²) < 4.78 is 36.7. The average molecular weight is 198 g/mol. The Bertz CT molecular complexity index is 273. The fraction of sp³-hybridized carbons (Fsp3) is 0.600. The smallest absolute Gasteiger partial charge is 0.315 e. The fourth-order valence-corrected chi connectivity index (χ4v) is 4.01. The first-order valence-electron chi connectivity index (χ1n) is 2.83. The Labute approximate surface area is 66.7 Å². The summed E-state index contributed by atoms with van der Waals surface area (Å²) in [6.45, 7) is 5.86. The summed E-state index contributed by atoms with van der Waals surface area (Å²) in [5.74, 6) is 0. The number of hydrogen-bond donors (Lipinski definition) is 0. The predicted molar refractivity (Wildman–Crippen MR) is 44.5 cm³/mol. The molecule has 0 aliphatic heterocycles. The molecule has 0 rings (SSSR count). The Kier molecular flexibility index (Phi) is 3.32. The van der Waals surface area contributed by atoms with E-state index in [2.05, 4.69) is 10.8 Å². The van der Waals surface area contributed by atoms with E-state index in [1.165, 1.54) is 13.3 Å². The molecule has 0 bridgehead atoms. The number of rotatable bonds is 4. The van der Waals surface area contributed by atoms with E-state index in [0.29, 0.717) is 0 Å². The fourth-order valence-electron chi connectivity index (χ4n) is 0.515. The lowest BCUT2D eigenvalue weighted by Crippen LogP contribution is -2.06.